The zero-order chi connectivity index (χ0) is 23.3. The number of hydrogen-bond acceptors (Lipinski definition) is 5. The lowest BCUT2D eigenvalue weighted by Gasteiger charge is -2.41. The van der Waals surface area contributed by atoms with Crippen molar-refractivity contribution >= 4 is 11.8 Å². The summed E-state index contributed by atoms with van der Waals surface area (Å²) in [5.41, 5.74) is 1.32. The number of benzene rings is 1. The fraction of sp³-hybridized carbons (Fsp3) is 0.600. The Bertz CT molecular complexity index is 837. The first-order chi connectivity index (χ1) is 15.4. The average Bonchev–Trinajstić information content (AvgIpc) is 3.18. The molecular weight excluding hydrogens is 408 g/mol. The van der Waals surface area contributed by atoms with Crippen molar-refractivity contribution in [1.29, 1.82) is 0 Å². The first-order valence-corrected chi connectivity index (χ1v) is 11.8. The van der Waals surface area contributed by atoms with Crippen LogP contribution < -0.4 is 10.1 Å². The van der Waals surface area contributed by atoms with Gasteiger partial charge in [0, 0.05) is 30.1 Å². The number of carbonyl (C=O) groups is 2. The third kappa shape index (κ3) is 4.99. The maximum Gasteiger partial charge on any atom is 0.247 e. The number of amides is 2. The Kier molecular flexibility index (Phi) is 8.32. The Morgan fingerprint density at radius 1 is 1.19 bits per heavy atom. The summed E-state index contributed by atoms with van der Waals surface area (Å²) in [7, 11) is 0. The highest BCUT2D eigenvalue weighted by molar-refractivity contribution is 5.96. The summed E-state index contributed by atoms with van der Waals surface area (Å²) in [6, 6.07) is 6.83. The minimum Gasteiger partial charge on any atom is -0.486 e. The van der Waals surface area contributed by atoms with Crippen LogP contribution in [0.15, 0.2) is 35.9 Å². The van der Waals surface area contributed by atoms with Crippen molar-refractivity contribution in [2.24, 2.45) is 5.92 Å². The molecule has 0 saturated heterocycles. The minimum atomic E-state index is -0.962. The molecule has 3 rings (SSSR count). The number of nitrogens with one attached hydrogen (secondary N) is 1. The van der Waals surface area contributed by atoms with Crippen LogP contribution in [0.25, 0.3) is 0 Å². The van der Waals surface area contributed by atoms with E-state index in [1.54, 1.807) is 11.0 Å². The lowest BCUT2D eigenvalue weighted by atomic mass is 9.77. The predicted octanol–water partition coefficient (Wildman–Crippen LogP) is 2.37. The molecule has 1 aromatic rings. The van der Waals surface area contributed by atoms with Gasteiger partial charge in [-0.15, -0.1) is 0 Å². The van der Waals surface area contributed by atoms with Gasteiger partial charge in [0.2, 0.25) is 11.8 Å². The summed E-state index contributed by atoms with van der Waals surface area (Å²) in [6.07, 6.45) is 4.14. The van der Waals surface area contributed by atoms with Crippen molar-refractivity contribution in [2.75, 3.05) is 19.7 Å². The molecule has 0 fully saturated rings. The number of aliphatic hydroxyl groups excluding tert-OH is 2. The van der Waals surface area contributed by atoms with Gasteiger partial charge >= 0.3 is 0 Å². The van der Waals surface area contributed by atoms with Gasteiger partial charge in [-0.2, -0.15) is 0 Å². The molecule has 7 nitrogen and oxygen atoms in total. The molecule has 1 aliphatic heterocycles. The monoisotopic (exact) mass is 444 g/mol. The number of hydrogen-bond donors (Lipinski definition) is 3. The van der Waals surface area contributed by atoms with E-state index in [9.17, 15) is 14.7 Å². The van der Waals surface area contributed by atoms with Gasteiger partial charge < -0.3 is 25.2 Å². The van der Waals surface area contributed by atoms with E-state index in [4.69, 9.17) is 9.84 Å². The summed E-state index contributed by atoms with van der Waals surface area (Å²) in [5.74, 6) is -0.368. The van der Waals surface area contributed by atoms with Crippen molar-refractivity contribution in [3.05, 3.63) is 41.5 Å². The average molecular weight is 445 g/mol. The summed E-state index contributed by atoms with van der Waals surface area (Å²) in [5, 5.41) is 23.3. The van der Waals surface area contributed by atoms with Crippen molar-refractivity contribution in [3.63, 3.8) is 0 Å². The van der Waals surface area contributed by atoms with E-state index in [0.717, 1.165) is 31.2 Å². The molecule has 0 bridgehead atoms. The third-order valence-electron chi connectivity index (χ3n) is 6.27. The molecule has 176 valence electrons. The van der Waals surface area contributed by atoms with Crippen LogP contribution in [0.3, 0.4) is 0 Å². The number of fused-ring (bicyclic) bond motifs is 3. The molecule has 7 heteroatoms. The number of carbonyl (C=O) groups excluding carboxylic acids is 2. The zero-order valence-electron chi connectivity index (χ0n) is 19.3. The van der Waals surface area contributed by atoms with Crippen molar-refractivity contribution in [2.45, 2.75) is 70.6 Å². The Hall–Kier alpha value is -2.38. The lowest BCUT2D eigenvalue weighted by Crippen LogP contribution is -2.56. The summed E-state index contributed by atoms with van der Waals surface area (Å²) in [6.45, 7) is 6.32. The van der Waals surface area contributed by atoms with Gasteiger partial charge in [-0.3, -0.25) is 9.59 Å². The number of para-hydroxylation sites is 1. The maximum atomic E-state index is 13.1. The van der Waals surface area contributed by atoms with E-state index in [1.807, 2.05) is 38.1 Å². The van der Waals surface area contributed by atoms with Gasteiger partial charge in [0.1, 0.15) is 18.0 Å². The molecule has 4 atom stereocenters. The smallest absolute Gasteiger partial charge is 0.247 e. The SMILES string of the molecule is CCCCCCN(C(=O)C(C)C)[C@@H]1C=C(C(=O)NCCO)[C@@H]2c3ccccc3O[C@@H]2[C@H]1O. The molecule has 0 unspecified atom stereocenters. The first-order valence-electron chi connectivity index (χ1n) is 11.8. The van der Waals surface area contributed by atoms with Gasteiger partial charge in [0.15, 0.2) is 0 Å². The van der Waals surface area contributed by atoms with Gasteiger partial charge in [-0.25, -0.2) is 0 Å². The quantitative estimate of drug-likeness (QED) is 0.481. The predicted molar refractivity (Wildman–Crippen MR) is 122 cm³/mol. The molecule has 0 aromatic heterocycles. The molecule has 1 aromatic carbocycles. The van der Waals surface area contributed by atoms with Crippen LogP contribution in [-0.2, 0) is 9.59 Å². The van der Waals surface area contributed by atoms with Crippen molar-refractivity contribution < 1.29 is 24.5 Å². The number of ether oxygens (including phenoxy) is 1. The molecular formula is C25H36N2O5. The van der Waals surface area contributed by atoms with Crippen LogP contribution in [0, 0.1) is 5.92 Å². The second-order valence-electron chi connectivity index (χ2n) is 8.93. The first kappa shape index (κ1) is 24.3. The molecule has 0 spiro atoms. The van der Waals surface area contributed by atoms with E-state index < -0.39 is 24.2 Å². The van der Waals surface area contributed by atoms with E-state index in [-0.39, 0.29) is 30.9 Å². The fourth-order valence-electron chi connectivity index (χ4n) is 4.64. The fourth-order valence-corrected chi connectivity index (χ4v) is 4.64. The Morgan fingerprint density at radius 3 is 2.62 bits per heavy atom. The molecule has 32 heavy (non-hydrogen) atoms. The van der Waals surface area contributed by atoms with Gasteiger partial charge in [-0.1, -0.05) is 58.2 Å². The summed E-state index contributed by atoms with van der Waals surface area (Å²) < 4.78 is 6.11. The highest BCUT2D eigenvalue weighted by atomic mass is 16.5. The zero-order valence-corrected chi connectivity index (χ0v) is 19.3. The number of nitrogens with zero attached hydrogens (tertiary/aromatic N) is 1. The Morgan fingerprint density at radius 2 is 1.94 bits per heavy atom. The van der Waals surface area contributed by atoms with Crippen LogP contribution in [0.5, 0.6) is 5.75 Å². The summed E-state index contributed by atoms with van der Waals surface area (Å²) >= 11 is 0. The topological polar surface area (TPSA) is 99.1 Å². The highest BCUT2D eigenvalue weighted by Gasteiger charge is 2.50. The van der Waals surface area contributed by atoms with Crippen LogP contribution in [0.1, 0.15) is 57.9 Å². The molecule has 0 radical (unpaired) electrons. The maximum absolute atomic E-state index is 13.1. The highest BCUT2D eigenvalue weighted by Crippen LogP contribution is 2.47. The molecule has 2 aliphatic rings. The minimum absolute atomic E-state index is 0.0501. The standard InChI is InChI=1S/C25H36N2O5/c1-4-5-6-9-13-27(25(31)16(2)3)19-15-18(24(30)26-12-14-28)21-17-10-7-8-11-20(17)32-23(21)22(19)29/h7-8,10-11,15-16,19,21-23,28-29H,4-6,9,12-14H2,1-3H3,(H,26,30)/t19-,21+,22+,23+/m1/s1. The van der Waals surface area contributed by atoms with E-state index in [0.29, 0.717) is 17.9 Å². The second kappa shape index (κ2) is 11.0. The second-order valence-corrected chi connectivity index (χ2v) is 8.93. The van der Waals surface area contributed by atoms with Crippen molar-refractivity contribution in [1.82, 2.24) is 10.2 Å². The number of unbranched alkanes of at least 4 members (excludes halogenated alkanes) is 3. The van der Waals surface area contributed by atoms with E-state index >= 15 is 0 Å². The Labute approximate surface area is 190 Å². The third-order valence-corrected chi connectivity index (χ3v) is 6.27. The largest absolute Gasteiger partial charge is 0.486 e. The number of rotatable bonds is 10. The lowest BCUT2D eigenvalue weighted by molar-refractivity contribution is -0.140. The van der Waals surface area contributed by atoms with Gasteiger partial charge in [0.25, 0.3) is 0 Å². The molecule has 1 heterocycles. The van der Waals surface area contributed by atoms with Crippen LogP contribution >= 0.6 is 0 Å². The normalized spacial score (nSPS) is 23.8. The molecule has 3 N–H and O–H groups in total. The van der Waals surface area contributed by atoms with Crippen LogP contribution in [-0.4, -0.2) is 64.9 Å². The molecule has 2 amide bonds. The van der Waals surface area contributed by atoms with E-state index in [1.165, 1.54) is 0 Å². The van der Waals surface area contributed by atoms with Crippen LogP contribution in [0.4, 0.5) is 0 Å². The van der Waals surface area contributed by atoms with Gasteiger partial charge in [-0.05, 0) is 18.6 Å². The summed E-state index contributed by atoms with van der Waals surface area (Å²) in [4.78, 5) is 27.9. The molecule has 1 aliphatic carbocycles. The Balaban J connectivity index is 1.98. The molecule has 0 saturated carbocycles. The van der Waals surface area contributed by atoms with Crippen LogP contribution in [0.2, 0.25) is 0 Å². The van der Waals surface area contributed by atoms with Gasteiger partial charge in [0.05, 0.1) is 18.6 Å². The van der Waals surface area contributed by atoms with Crippen molar-refractivity contribution in [3.8, 4) is 5.75 Å². The number of aliphatic hydroxyl groups is 2. The van der Waals surface area contributed by atoms with E-state index in [2.05, 4.69) is 12.2 Å².